The highest BCUT2D eigenvalue weighted by molar-refractivity contribution is 5.90. The third-order valence-corrected chi connectivity index (χ3v) is 8.82. The number of aromatic hydroxyl groups is 1. The van der Waals surface area contributed by atoms with Crippen LogP contribution < -0.4 is 0 Å². The molecule has 4 aromatic rings. The summed E-state index contributed by atoms with van der Waals surface area (Å²) in [5.41, 5.74) is 3.59. The van der Waals surface area contributed by atoms with Gasteiger partial charge in [0.1, 0.15) is 5.75 Å². The molecule has 1 aromatic heterocycles. The molecule has 250 valence electrons. The van der Waals surface area contributed by atoms with E-state index in [1.54, 1.807) is 18.2 Å². The molecule has 0 saturated heterocycles. The molecule has 0 radical (unpaired) electrons. The van der Waals surface area contributed by atoms with E-state index in [9.17, 15) is 9.90 Å². The largest absolute Gasteiger partial charge is 0.507 e. The molecule has 0 bridgehead atoms. The lowest BCUT2D eigenvalue weighted by atomic mass is 9.95. The minimum Gasteiger partial charge on any atom is -0.507 e. The first-order valence-corrected chi connectivity index (χ1v) is 17.9. The van der Waals surface area contributed by atoms with Crippen LogP contribution in [0.15, 0.2) is 72.8 Å². The number of phenols is 1. The fraction of sp³-hybridized carbons (Fsp3) is 0.463. The Bertz CT molecular complexity index is 1500. The summed E-state index contributed by atoms with van der Waals surface area (Å²) in [6.45, 7) is 6.90. The van der Waals surface area contributed by atoms with Gasteiger partial charge in [-0.1, -0.05) is 139 Å². The number of esters is 1. The number of nitrogens with zero attached hydrogens (tertiary/aromatic N) is 3. The molecule has 0 aliphatic carbocycles. The Balaban J connectivity index is 1.43. The Morgan fingerprint density at radius 1 is 0.660 bits per heavy atom. The number of unbranched alkanes of at least 4 members (excludes halogenated alkanes) is 10. The average Bonchev–Trinajstić information content (AvgIpc) is 3.09. The van der Waals surface area contributed by atoms with Gasteiger partial charge >= 0.3 is 5.97 Å². The second kappa shape index (κ2) is 19.6. The molecular weight excluding hydrogens is 582 g/mol. The van der Waals surface area contributed by atoms with Gasteiger partial charge in [-0.25, -0.2) is 19.7 Å². The predicted molar refractivity (Wildman–Crippen MR) is 192 cm³/mol. The van der Waals surface area contributed by atoms with Crippen molar-refractivity contribution in [2.45, 2.75) is 111 Å². The van der Waals surface area contributed by atoms with Gasteiger partial charge in [0.15, 0.2) is 17.5 Å². The summed E-state index contributed by atoms with van der Waals surface area (Å²) in [5.74, 6) is 1.59. The molecule has 0 aliphatic rings. The quantitative estimate of drug-likeness (QED) is 0.0768. The van der Waals surface area contributed by atoms with Crippen LogP contribution in [0.2, 0.25) is 0 Å². The normalized spacial score (nSPS) is 11.8. The third kappa shape index (κ3) is 11.6. The van der Waals surface area contributed by atoms with Crippen LogP contribution in [-0.2, 0) is 4.74 Å². The molecule has 1 unspecified atom stereocenters. The summed E-state index contributed by atoms with van der Waals surface area (Å²) < 4.78 is 5.89. The number of phenolic OH excluding ortho intramolecular Hbond substituents is 1. The van der Waals surface area contributed by atoms with Crippen LogP contribution in [0.3, 0.4) is 0 Å². The van der Waals surface area contributed by atoms with Gasteiger partial charge in [-0.3, -0.25) is 0 Å². The van der Waals surface area contributed by atoms with Crippen LogP contribution in [0.5, 0.6) is 5.75 Å². The van der Waals surface area contributed by atoms with Crippen molar-refractivity contribution in [3.63, 3.8) is 0 Å². The Morgan fingerprint density at radius 3 is 1.77 bits per heavy atom. The van der Waals surface area contributed by atoms with Crippen LogP contribution in [0.25, 0.3) is 34.2 Å². The molecule has 1 atom stereocenters. The maximum Gasteiger partial charge on any atom is 0.338 e. The van der Waals surface area contributed by atoms with Crippen molar-refractivity contribution in [1.82, 2.24) is 15.0 Å². The summed E-state index contributed by atoms with van der Waals surface area (Å²) in [6, 6.07) is 22.4. The number of rotatable bonds is 20. The number of aryl methyl sites for hydroxylation is 1. The summed E-state index contributed by atoms with van der Waals surface area (Å²) in [7, 11) is 0. The SMILES string of the molecule is CCCCCCCCCC(CCCCCCC)COC(=O)c1ccc(-c2nc(-c3ccccc3)nc(-c3ccc(C)cc3O)n2)cc1. The summed E-state index contributed by atoms with van der Waals surface area (Å²) in [5, 5.41) is 10.7. The van der Waals surface area contributed by atoms with Gasteiger partial charge in [-0.15, -0.1) is 0 Å². The van der Waals surface area contributed by atoms with Gasteiger partial charge in [0.05, 0.1) is 17.7 Å². The van der Waals surface area contributed by atoms with Crippen molar-refractivity contribution >= 4 is 5.97 Å². The van der Waals surface area contributed by atoms with E-state index in [0.29, 0.717) is 41.1 Å². The molecule has 4 rings (SSSR count). The molecule has 0 aliphatic heterocycles. The minimum atomic E-state index is -0.294. The lowest BCUT2D eigenvalue weighted by Gasteiger charge is -2.17. The van der Waals surface area contributed by atoms with Crippen molar-refractivity contribution in [2.75, 3.05) is 6.61 Å². The highest BCUT2D eigenvalue weighted by Gasteiger charge is 2.17. The second-order valence-electron chi connectivity index (χ2n) is 12.8. The first kappa shape index (κ1) is 35.8. The maximum atomic E-state index is 13.1. The number of hydrogen-bond donors (Lipinski definition) is 1. The highest BCUT2D eigenvalue weighted by Crippen LogP contribution is 2.31. The first-order valence-electron chi connectivity index (χ1n) is 17.9. The Labute approximate surface area is 282 Å². The molecule has 6 heteroatoms. The molecule has 0 amide bonds. The van der Waals surface area contributed by atoms with Crippen molar-refractivity contribution < 1.29 is 14.6 Å². The smallest absolute Gasteiger partial charge is 0.338 e. The van der Waals surface area contributed by atoms with E-state index in [4.69, 9.17) is 19.7 Å². The van der Waals surface area contributed by atoms with E-state index in [1.165, 1.54) is 77.0 Å². The van der Waals surface area contributed by atoms with Gasteiger partial charge in [0, 0.05) is 11.1 Å². The van der Waals surface area contributed by atoms with Crippen molar-refractivity contribution in [1.29, 1.82) is 0 Å². The summed E-state index contributed by atoms with van der Waals surface area (Å²) in [4.78, 5) is 27.3. The van der Waals surface area contributed by atoms with Crippen molar-refractivity contribution in [3.8, 4) is 39.9 Å². The van der Waals surface area contributed by atoms with Crippen LogP contribution in [-0.4, -0.2) is 32.6 Å². The highest BCUT2D eigenvalue weighted by atomic mass is 16.5. The Morgan fingerprint density at radius 2 is 1.19 bits per heavy atom. The van der Waals surface area contributed by atoms with Crippen molar-refractivity contribution in [3.05, 3.63) is 83.9 Å². The van der Waals surface area contributed by atoms with Crippen LogP contribution >= 0.6 is 0 Å². The number of hydrogen-bond acceptors (Lipinski definition) is 6. The molecule has 1 heterocycles. The number of aromatic nitrogens is 3. The van der Waals surface area contributed by atoms with E-state index in [2.05, 4.69) is 13.8 Å². The molecule has 1 N–H and O–H groups in total. The van der Waals surface area contributed by atoms with E-state index in [0.717, 1.165) is 29.5 Å². The van der Waals surface area contributed by atoms with E-state index < -0.39 is 0 Å². The van der Waals surface area contributed by atoms with E-state index in [-0.39, 0.29) is 11.7 Å². The van der Waals surface area contributed by atoms with Crippen LogP contribution in [0.1, 0.15) is 120 Å². The third-order valence-electron chi connectivity index (χ3n) is 8.82. The minimum absolute atomic E-state index is 0.116. The van der Waals surface area contributed by atoms with Gasteiger partial charge in [-0.2, -0.15) is 0 Å². The molecule has 47 heavy (non-hydrogen) atoms. The molecule has 0 saturated carbocycles. The summed E-state index contributed by atoms with van der Waals surface area (Å²) >= 11 is 0. The van der Waals surface area contributed by atoms with Crippen molar-refractivity contribution in [2.24, 2.45) is 5.92 Å². The summed E-state index contributed by atoms with van der Waals surface area (Å²) in [6.07, 6.45) is 17.6. The molecule has 6 nitrogen and oxygen atoms in total. The fourth-order valence-electron chi connectivity index (χ4n) is 5.94. The first-order chi connectivity index (χ1) is 23.0. The van der Waals surface area contributed by atoms with Gasteiger partial charge in [-0.05, 0) is 55.5 Å². The zero-order chi connectivity index (χ0) is 33.3. The maximum absolute atomic E-state index is 13.1. The van der Waals surface area contributed by atoms with Crippen LogP contribution in [0.4, 0.5) is 0 Å². The van der Waals surface area contributed by atoms with Crippen LogP contribution in [0, 0.1) is 12.8 Å². The number of carbonyl (C=O) groups is 1. The van der Waals surface area contributed by atoms with Gasteiger partial charge in [0.25, 0.3) is 0 Å². The number of carbonyl (C=O) groups excluding carboxylic acids is 1. The topological polar surface area (TPSA) is 85.2 Å². The molecular formula is C41H53N3O3. The Hall–Kier alpha value is -4.06. The standard InChI is InChI=1S/C41H53N3O3/c1-4-6-8-10-11-13-16-20-32(19-15-12-9-7-5-2)30-47-41(46)35-26-24-34(25-27-35)39-42-38(33-21-17-14-18-22-33)43-40(44-39)36-28-23-31(3)29-37(36)45/h14,17-18,21-29,32,45H,4-13,15-16,19-20,30H2,1-3H3. The predicted octanol–water partition coefficient (Wildman–Crippen LogP) is 11.2. The lowest BCUT2D eigenvalue weighted by molar-refractivity contribution is 0.0422. The lowest BCUT2D eigenvalue weighted by Crippen LogP contribution is -2.15. The number of ether oxygens (including phenoxy) is 1. The second-order valence-corrected chi connectivity index (χ2v) is 12.8. The Kier molecular flexibility index (Phi) is 14.9. The number of benzene rings is 3. The molecule has 3 aromatic carbocycles. The van der Waals surface area contributed by atoms with Gasteiger partial charge < -0.3 is 9.84 Å². The van der Waals surface area contributed by atoms with E-state index >= 15 is 0 Å². The fourth-order valence-corrected chi connectivity index (χ4v) is 5.94. The monoisotopic (exact) mass is 635 g/mol. The molecule has 0 spiro atoms. The van der Waals surface area contributed by atoms with Gasteiger partial charge in [0.2, 0.25) is 0 Å². The zero-order valence-corrected chi connectivity index (χ0v) is 28.7. The average molecular weight is 636 g/mol. The van der Waals surface area contributed by atoms with E-state index in [1.807, 2.05) is 61.5 Å². The zero-order valence-electron chi connectivity index (χ0n) is 28.7. The molecule has 0 fully saturated rings.